The third-order valence-corrected chi connectivity index (χ3v) is 3.20. The van der Waals surface area contributed by atoms with Gasteiger partial charge in [-0.2, -0.15) is 0 Å². The van der Waals surface area contributed by atoms with Gasteiger partial charge in [-0.3, -0.25) is 14.9 Å². The molecule has 138 valence electrons. The molecule has 0 fully saturated rings. The molecule has 2 rings (SSSR count). The summed E-state index contributed by atoms with van der Waals surface area (Å²) >= 11 is 5.81. The summed E-state index contributed by atoms with van der Waals surface area (Å²) in [6, 6.07) is 4.60. The number of halogens is 1. The van der Waals surface area contributed by atoms with Crippen LogP contribution in [-0.2, 0) is 9.53 Å². The lowest BCUT2D eigenvalue weighted by Crippen LogP contribution is -2.49. The molecule has 0 aliphatic heterocycles. The molecule has 3 amide bonds. The summed E-state index contributed by atoms with van der Waals surface area (Å²) in [6.45, 7) is 4.52. The van der Waals surface area contributed by atoms with Gasteiger partial charge in [-0.05, 0) is 39.0 Å². The van der Waals surface area contributed by atoms with Crippen LogP contribution in [0.15, 0.2) is 33.5 Å². The number of esters is 1. The van der Waals surface area contributed by atoms with Crippen LogP contribution in [0.25, 0.3) is 11.0 Å². The summed E-state index contributed by atoms with van der Waals surface area (Å²) in [6.07, 6.45) is 0. The second-order valence-electron chi connectivity index (χ2n) is 6.44. The molecule has 8 nitrogen and oxygen atoms in total. The first kappa shape index (κ1) is 19.5. The summed E-state index contributed by atoms with van der Waals surface area (Å²) in [7, 11) is 0. The number of rotatable bonds is 3. The number of carbonyl (C=O) groups excluding carboxylic acids is 3. The molecule has 0 saturated carbocycles. The number of carbonyl (C=O) groups is 3. The monoisotopic (exact) mass is 380 g/mol. The summed E-state index contributed by atoms with van der Waals surface area (Å²) in [5.74, 6) is -2.20. The Morgan fingerprint density at radius 1 is 1.19 bits per heavy atom. The minimum Gasteiger partial charge on any atom is -0.450 e. The Hall–Kier alpha value is -2.87. The minimum atomic E-state index is -1.01. The van der Waals surface area contributed by atoms with Gasteiger partial charge in [-0.15, -0.1) is 0 Å². The van der Waals surface area contributed by atoms with E-state index < -0.39 is 35.5 Å². The molecule has 26 heavy (non-hydrogen) atoms. The molecule has 0 saturated heterocycles. The number of hydrogen-bond acceptors (Lipinski definition) is 6. The van der Waals surface area contributed by atoms with Gasteiger partial charge in [-0.1, -0.05) is 11.6 Å². The zero-order chi connectivity index (χ0) is 19.5. The highest BCUT2D eigenvalue weighted by Gasteiger charge is 2.18. The maximum absolute atomic E-state index is 12.0. The van der Waals surface area contributed by atoms with Crippen LogP contribution >= 0.6 is 11.6 Å². The first-order chi connectivity index (χ1) is 12.0. The number of fused-ring (bicyclic) bond motifs is 1. The number of amides is 3. The van der Waals surface area contributed by atoms with Crippen LogP contribution in [-0.4, -0.2) is 30.1 Å². The van der Waals surface area contributed by atoms with E-state index in [1.54, 1.807) is 20.8 Å². The Morgan fingerprint density at radius 2 is 1.88 bits per heavy atom. The van der Waals surface area contributed by atoms with Crippen molar-refractivity contribution in [3.05, 3.63) is 45.3 Å². The van der Waals surface area contributed by atoms with Gasteiger partial charge in [0.1, 0.15) is 5.58 Å². The first-order valence-corrected chi connectivity index (χ1v) is 7.95. The Kier molecular flexibility index (Phi) is 5.66. The molecule has 0 spiro atoms. The van der Waals surface area contributed by atoms with Gasteiger partial charge in [-0.25, -0.2) is 9.59 Å². The van der Waals surface area contributed by atoms with E-state index in [1.807, 2.05) is 5.32 Å². The van der Waals surface area contributed by atoms with Gasteiger partial charge in [0.05, 0.1) is 5.39 Å². The predicted molar refractivity (Wildman–Crippen MR) is 94.2 cm³/mol. The van der Waals surface area contributed by atoms with Gasteiger partial charge in [0, 0.05) is 16.6 Å². The van der Waals surface area contributed by atoms with Gasteiger partial charge in [0.15, 0.2) is 12.0 Å². The van der Waals surface area contributed by atoms with Crippen molar-refractivity contribution in [2.75, 3.05) is 6.61 Å². The van der Waals surface area contributed by atoms with E-state index in [1.165, 1.54) is 18.2 Å². The van der Waals surface area contributed by atoms with Gasteiger partial charge < -0.3 is 14.5 Å². The number of nitrogens with one attached hydrogen (secondary N) is 2. The predicted octanol–water partition coefficient (Wildman–Crippen LogP) is 2.23. The van der Waals surface area contributed by atoms with Crippen molar-refractivity contribution in [2.24, 2.45) is 0 Å². The number of urea groups is 1. The first-order valence-electron chi connectivity index (χ1n) is 7.58. The second kappa shape index (κ2) is 7.57. The molecule has 1 aromatic heterocycles. The molecule has 0 aliphatic rings. The Bertz CT molecular complexity index is 929. The van der Waals surface area contributed by atoms with Crippen molar-refractivity contribution in [2.45, 2.75) is 26.3 Å². The van der Waals surface area contributed by atoms with Gasteiger partial charge in [0.25, 0.3) is 5.91 Å². The maximum Gasteiger partial charge on any atom is 0.374 e. The van der Waals surface area contributed by atoms with Crippen molar-refractivity contribution >= 4 is 40.5 Å². The maximum atomic E-state index is 12.0. The molecule has 2 N–H and O–H groups in total. The summed E-state index contributed by atoms with van der Waals surface area (Å²) in [5.41, 5.74) is -0.851. The highest BCUT2D eigenvalue weighted by molar-refractivity contribution is 6.31. The summed E-state index contributed by atoms with van der Waals surface area (Å²) < 4.78 is 10.1. The van der Waals surface area contributed by atoms with E-state index in [9.17, 15) is 19.2 Å². The lowest BCUT2D eigenvalue weighted by atomic mass is 10.1. The molecule has 9 heteroatoms. The van der Waals surface area contributed by atoms with Crippen molar-refractivity contribution in [1.29, 1.82) is 0 Å². The summed E-state index contributed by atoms with van der Waals surface area (Å²) in [4.78, 5) is 47.2. The molecular formula is C17H17ClN2O6. The Labute approximate surface area is 153 Å². The van der Waals surface area contributed by atoms with Crippen molar-refractivity contribution in [3.63, 3.8) is 0 Å². The van der Waals surface area contributed by atoms with Gasteiger partial charge >= 0.3 is 12.0 Å². The number of hydrogen-bond donors (Lipinski definition) is 2. The molecule has 1 heterocycles. The van der Waals surface area contributed by atoms with Crippen LogP contribution < -0.4 is 16.1 Å². The minimum absolute atomic E-state index is 0.155. The molecule has 0 aliphatic carbocycles. The van der Waals surface area contributed by atoms with E-state index in [2.05, 4.69) is 5.32 Å². The largest absolute Gasteiger partial charge is 0.450 e. The van der Waals surface area contributed by atoms with E-state index in [-0.39, 0.29) is 16.7 Å². The lowest BCUT2D eigenvalue weighted by molar-refractivity contribution is -0.123. The normalized spacial score (nSPS) is 11.1. The molecule has 1 aromatic carbocycles. The average Bonchev–Trinajstić information content (AvgIpc) is 2.51. The third-order valence-electron chi connectivity index (χ3n) is 2.97. The molecular weight excluding hydrogens is 364 g/mol. The number of benzene rings is 1. The standard InChI is InChI=1S/C17H17ClN2O6/c1-17(2,3)20-16(24)19-14(22)8-25-15(23)13-7-11(21)10-6-9(18)4-5-12(10)26-13/h4-7H,8H2,1-3H3,(H2,19,20,22,24). The topological polar surface area (TPSA) is 115 Å². The van der Waals surface area contributed by atoms with Crippen molar-refractivity contribution in [3.8, 4) is 0 Å². The highest BCUT2D eigenvalue weighted by Crippen LogP contribution is 2.18. The van der Waals surface area contributed by atoms with Crippen LogP contribution in [0.1, 0.15) is 31.3 Å². The SMILES string of the molecule is CC(C)(C)NC(=O)NC(=O)COC(=O)c1cc(=O)c2cc(Cl)ccc2o1. The second-order valence-corrected chi connectivity index (χ2v) is 6.88. The quantitative estimate of drug-likeness (QED) is 0.789. The van der Waals surface area contributed by atoms with Crippen LogP contribution in [0, 0.1) is 0 Å². The van der Waals surface area contributed by atoms with Crippen LogP contribution in [0.2, 0.25) is 5.02 Å². The summed E-state index contributed by atoms with van der Waals surface area (Å²) in [5, 5.41) is 5.10. The average molecular weight is 381 g/mol. The van der Waals surface area contributed by atoms with Crippen LogP contribution in [0.4, 0.5) is 4.79 Å². The van der Waals surface area contributed by atoms with Gasteiger partial charge in [0.2, 0.25) is 5.76 Å². The van der Waals surface area contributed by atoms with Crippen LogP contribution in [0.5, 0.6) is 0 Å². The molecule has 0 atom stereocenters. The van der Waals surface area contributed by atoms with E-state index >= 15 is 0 Å². The van der Waals surface area contributed by atoms with E-state index in [4.69, 9.17) is 20.8 Å². The van der Waals surface area contributed by atoms with Crippen LogP contribution in [0.3, 0.4) is 0 Å². The zero-order valence-electron chi connectivity index (χ0n) is 14.3. The molecule has 0 bridgehead atoms. The molecule has 0 unspecified atom stereocenters. The molecule has 2 aromatic rings. The fourth-order valence-corrected chi connectivity index (χ4v) is 2.14. The lowest BCUT2D eigenvalue weighted by Gasteiger charge is -2.20. The third kappa shape index (κ3) is 5.32. The fraction of sp³-hybridized carbons (Fsp3) is 0.294. The zero-order valence-corrected chi connectivity index (χ0v) is 15.1. The van der Waals surface area contributed by atoms with E-state index in [0.29, 0.717) is 5.02 Å². The number of imide groups is 1. The van der Waals surface area contributed by atoms with Crippen molar-refractivity contribution in [1.82, 2.24) is 10.6 Å². The van der Waals surface area contributed by atoms with E-state index in [0.717, 1.165) is 6.07 Å². The molecule has 0 radical (unpaired) electrons. The Balaban J connectivity index is 2.01. The fourth-order valence-electron chi connectivity index (χ4n) is 1.97. The Morgan fingerprint density at radius 3 is 2.54 bits per heavy atom. The smallest absolute Gasteiger partial charge is 0.374 e. The van der Waals surface area contributed by atoms with Crippen molar-refractivity contribution < 1.29 is 23.5 Å². The highest BCUT2D eigenvalue weighted by atomic mass is 35.5. The number of ether oxygens (including phenoxy) is 1.